The van der Waals surface area contributed by atoms with Crippen LogP contribution in [0.4, 0.5) is 5.95 Å². The molecule has 1 aromatic heterocycles. The summed E-state index contributed by atoms with van der Waals surface area (Å²) in [7, 11) is 1.50. The molecule has 0 spiro atoms. The first kappa shape index (κ1) is 17.2. The van der Waals surface area contributed by atoms with Gasteiger partial charge in [-0.1, -0.05) is 0 Å². The van der Waals surface area contributed by atoms with Crippen molar-refractivity contribution in [1.82, 2.24) is 14.5 Å². The smallest absolute Gasteiger partial charge is 0.361 e. The zero-order chi connectivity index (χ0) is 17.0. The van der Waals surface area contributed by atoms with Crippen LogP contribution in [0.15, 0.2) is 4.79 Å². The zero-order valence-corrected chi connectivity index (χ0v) is 13.4. The first-order valence-electron chi connectivity index (χ1n) is 7.54. The van der Waals surface area contributed by atoms with E-state index in [9.17, 15) is 14.7 Å². The van der Waals surface area contributed by atoms with Crippen LogP contribution in [0.1, 0.15) is 17.4 Å². The molecule has 2 heterocycles. The molecule has 1 saturated heterocycles. The summed E-state index contributed by atoms with van der Waals surface area (Å²) in [5.41, 5.74) is -1.04. The van der Waals surface area contributed by atoms with Crippen LogP contribution in [0.5, 0.6) is 5.75 Å². The molecule has 0 atom stereocenters. The summed E-state index contributed by atoms with van der Waals surface area (Å²) in [6.07, 6.45) is 0. The Morgan fingerprint density at radius 2 is 1.96 bits per heavy atom. The average molecular weight is 326 g/mol. The third-order valence-electron chi connectivity index (χ3n) is 3.78. The highest BCUT2D eigenvalue weighted by molar-refractivity contribution is 5.90. The van der Waals surface area contributed by atoms with Crippen molar-refractivity contribution in [2.45, 2.75) is 6.92 Å². The summed E-state index contributed by atoms with van der Waals surface area (Å²) in [4.78, 5) is 32.1. The highest BCUT2D eigenvalue weighted by atomic mass is 16.5. The summed E-state index contributed by atoms with van der Waals surface area (Å²) in [5, 5.41) is 18.8. The summed E-state index contributed by atoms with van der Waals surface area (Å²) in [6.45, 7) is 5.10. The van der Waals surface area contributed by atoms with Crippen LogP contribution in [0, 0.1) is 0 Å². The molecule has 9 nitrogen and oxygen atoms in total. The van der Waals surface area contributed by atoms with Gasteiger partial charge in [-0.2, -0.15) is 0 Å². The third-order valence-corrected chi connectivity index (χ3v) is 3.78. The fraction of sp³-hybridized carbons (Fsp3) is 0.643. The summed E-state index contributed by atoms with van der Waals surface area (Å²) in [5.74, 6) is -1.20. The molecule has 0 aromatic carbocycles. The number of esters is 1. The van der Waals surface area contributed by atoms with Crippen LogP contribution >= 0.6 is 0 Å². The Balaban J connectivity index is 2.29. The molecule has 1 aromatic rings. The standard InChI is InChI=1S/C14H22N4O5/c1-3-23-13(22)10-11(20)12(21)16(2)14(15-10)18-6-4-17(5-7-18)8-9-19/h19-20H,3-9H2,1-2H3. The first-order chi connectivity index (χ1) is 11.0. The highest BCUT2D eigenvalue weighted by Crippen LogP contribution is 2.17. The maximum absolute atomic E-state index is 12.1. The van der Waals surface area contributed by atoms with Crippen molar-refractivity contribution < 1.29 is 19.7 Å². The van der Waals surface area contributed by atoms with Gasteiger partial charge in [0.1, 0.15) is 0 Å². The van der Waals surface area contributed by atoms with Crippen molar-refractivity contribution in [1.29, 1.82) is 0 Å². The lowest BCUT2D eigenvalue weighted by atomic mass is 10.3. The molecular formula is C14H22N4O5. The van der Waals surface area contributed by atoms with Gasteiger partial charge in [-0.05, 0) is 6.92 Å². The van der Waals surface area contributed by atoms with E-state index in [2.05, 4.69) is 9.88 Å². The summed E-state index contributed by atoms with van der Waals surface area (Å²) < 4.78 is 6.05. The van der Waals surface area contributed by atoms with E-state index in [0.29, 0.717) is 38.7 Å². The molecule has 0 amide bonds. The molecule has 1 fully saturated rings. The van der Waals surface area contributed by atoms with Gasteiger partial charge in [0.25, 0.3) is 5.56 Å². The van der Waals surface area contributed by atoms with Crippen molar-refractivity contribution in [2.24, 2.45) is 7.05 Å². The maximum Gasteiger partial charge on any atom is 0.361 e. The molecular weight excluding hydrogens is 304 g/mol. The van der Waals surface area contributed by atoms with Gasteiger partial charge >= 0.3 is 5.97 Å². The fourth-order valence-corrected chi connectivity index (χ4v) is 2.52. The van der Waals surface area contributed by atoms with Crippen molar-refractivity contribution in [3.05, 3.63) is 16.0 Å². The Kier molecular flexibility index (Phi) is 5.56. The van der Waals surface area contributed by atoms with Gasteiger partial charge in [0.2, 0.25) is 11.7 Å². The number of nitrogens with zero attached hydrogens (tertiary/aromatic N) is 4. The number of piperazine rings is 1. The van der Waals surface area contributed by atoms with Gasteiger partial charge in [0.05, 0.1) is 13.2 Å². The monoisotopic (exact) mass is 326 g/mol. The van der Waals surface area contributed by atoms with Crippen LogP contribution in [-0.4, -0.2) is 76.6 Å². The van der Waals surface area contributed by atoms with E-state index in [0.717, 1.165) is 0 Å². The van der Waals surface area contributed by atoms with Crippen molar-refractivity contribution in [2.75, 3.05) is 50.8 Å². The molecule has 0 bridgehead atoms. The fourth-order valence-electron chi connectivity index (χ4n) is 2.52. The number of ether oxygens (including phenoxy) is 1. The van der Waals surface area contributed by atoms with Gasteiger partial charge in [-0.3, -0.25) is 14.3 Å². The quantitative estimate of drug-likeness (QED) is 0.648. The van der Waals surface area contributed by atoms with Crippen LogP contribution in [0.25, 0.3) is 0 Å². The topological polar surface area (TPSA) is 108 Å². The van der Waals surface area contributed by atoms with E-state index in [1.165, 1.54) is 11.6 Å². The molecule has 2 N–H and O–H groups in total. The van der Waals surface area contributed by atoms with Gasteiger partial charge in [-0.15, -0.1) is 0 Å². The Labute approximate surface area is 133 Å². The number of aliphatic hydroxyl groups excluding tert-OH is 1. The van der Waals surface area contributed by atoms with Crippen LogP contribution < -0.4 is 10.5 Å². The molecule has 1 aliphatic rings. The Morgan fingerprint density at radius 3 is 2.52 bits per heavy atom. The van der Waals surface area contributed by atoms with Gasteiger partial charge < -0.3 is 19.8 Å². The van der Waals surface area contributed by atoms with Crippen LogP contribution in [0.2, 0.25) is 0 Å². The number of hydrogen-bond donors (Lipinski definition) is 2. The number of aromatic nitrogens is 2. The normalized spacial score (nSPS) is 15.7. The van der Waals surface area contributed by atoms with E-state index in [4.69, 9.17) is 9.84 Å². The Hall–Kier alpha value is -2.13. The zero-order valence-electron chi connectivity index (χ0n) is 13.4. The van der Waals surface area contributed by atoms with Crippen LogP contribution in [0.3, 0.4) is 0 Å². The predicted molar refractivity (Wildman–Crippen MR) is 82.8 cm³/mol. The van der Waals surface area contributed by atoms with E-state index >= 15 is 0 Å². The Morgan fingerprint density at radius 1 is 1.30 bits per heavy atom. The second-order valence-corrected chi connectivity index (χ2v) is 5.25. The van der Waals surface area contributed by atoms with E-state index in [-0.39, 0.29) is 18.9 Å². The minimum atomic E-state index is -0.817. The molecule has 9 heteroatoms. The molecule has 0 saturated carbocycles. The number of hydrogen-bond acceptors (Lipinski definition) is 8. The second-order valence-electron chi connectivity index (χ2n) is 5.25. The van der Waals surface area contributed by atoms with E-state index in [1.807, 2.05) is 4.90 Å². The molecule has 23 heavy (non-hydrogen) atoms. The highest BCUT2D eigenvalue weighted by Gasteiger charge is 2.25. The molecule has 0 aliphatic carbocycles. The Bertz CT molecular complexity index is 622. The SMILES string of the molecule is CCOC(=O)c1nc(N2CCN(CCO)CC2)n(C)c(=O)c1O. The minimum Gasteiger partial charge on any atom is -0.501 e. The van der Waals surface area contributed by atoms with Crippen LogP contribution in [-0.2, 0) is 11.8 Å². The molecule has 128 valence electrons. The number of rotatable bonds is 5. The molecule has 0 radical (unpaired) electrons. The third kappa shape index (κ3) is 3.62. The summed E-state index contributed by atoms with van der Waals surface area (Å²) in [6, 6.07) is 0. The van der Waals surface area contributed by atoms with Crippen molar-refractivity contribution >= 4 is 11.9 Å². The van der Waals surface area contributed by atoms with Gasteiger partial charge in [0.15, 0.2) is 5.69 Å². The molecule has 0 unspecified atom stereocenters. The number of aliphatic hydroxyl groups is 1. The van der Waals surface area contributed by atoms with Crippen molar-refractivity contribution in [3.8, 4) is 5.75 Å². The number of aromatic hydroxyl groups is 1. The summed E-state index contributed by atoms with van der Waals surface area (Å²) >= 11 is 0. The minimum absolute atomic E-state index is 0.100. The van der Waals surface area contributed by atoms with E-state index in [1.54, 1.807) is 6.92 Å². The number of carbonyl (C=O) groups is 1. The second kappa shape index (κ2) is 7.42. The van der Waals surface area contributed by atoms with Gasteiger partial charge in [-0.25, -0.2) is 9.78 Å². The lowest BCUT2D eigenvalue weighted by Gasteiger charge is -2.35. The van der Waals surface area contributed by atoms with Crippen molar-refractivity contribution in [3.63, 3.8) is 0 Å². The lowest BCUT2D eigenvalue weighted by molar-refractivity contribution is 0.0515. The number of carbonyl (C=O) groups excluding carboxylic acids is 1. The average Bonchev–Trinajstić information content (AvgIpc) is 2.54. The largest absolute Gasteiger partial charge is 0.501 e. The van der Waals surface area contributed by atoms with E-state index < -0.39 is 17.3 Å². The lowest BCUT2D eigenvalue weighted by Crippen LogP contribution is -2.49. The number of β-amino-alcohol motifs (C(OH)–C–C–N with tert-alkyl or cyclic N) is 1. The predicted octanol–water partition coefficient (Wildman–Crippen LogP) is -1.22. The first-order valence-corrected chi connectivity index (χ1v) is 7.54. The molecule has 2 rings (SSSR count). The number of anilines is 1. The molecule has 1 aliphatic heterocycles. The van der Waals surface area contributed by atoms with Gasteiger partial charge in [0, 0.05) is 39.8 Å². The maximum atomic E-state index is 12.1.